The van der Waals surface area contributed by atoms with Crippen LogP contribution in [0.15, 0.2) is 158 Å². The molecular formula is C52H60. The second kappa shape index (κ2) is 23.1. The van der Waals surface area contributed by atoms with Gasteiger partial charge in [0.15, 0.2) is 0 Å². The molecule has 7 aromatic carbocycles. The molecule has 0 heterocycles. The summed E-state index contributed by atoms with van der Waals surface area (Å²) >= 11 is 0. The Balaban J connectivity index is 0.000000976. The van der Waals surface area contributed by atoms with Gasteiger partial charge in [0.05, 0.1) is 0 Å². The van der Waals surface area contributed by atoms with Crippen molar-refractivity contribution in [2.45, 2.75) is 69.7 Å². The summed E-state index contributed by atoms with van der Waals surface area (Å²) in [6.45, 7) is 18.1. The van der Waals surface area contributed by atoms with Gasteiger partial charge in [-0.3, -0.25) is 0 Å². The van der Waals surface area contributed by atoms with Crippen LogP contribution in [-0.4, -0.2) is 0 Å². The van der Waals surface area contributed by atoms with Gasteiger partial charge in [-0.25, -0.2) is 0 Å². The molecule has 0 heteroatoms. The molecule has 0 saturated heterocycles. The Labute approximate surface area is 315 Å². The molecule has 0 aliphatic rings. The average molecular weight is 685 g/mol. The van der Waals surface area contributed by atoms with Gasteiger partial charge in [0, 0.05) is 0 Å². The van der Waals surface area contributed by atoms with E-state index in [1.807, 2.05) is 55.4 Å². The number of rotatable bonds is 6. The van der Waals surface area contributed by atoms with Crippen molar-refractivity contribution in [1.29, 1.82) is 0 Å². The number of allylic oxidation sites excluding steroid dienone is 3. The maximum Gasteiger partial charge on any atom is -0.00322 e. The van der Waals surface area contributed by atoms with Gasteiger partial charge in [-0.05, 0) is 102 Å². The number of benzene rings is 7. The highest BCUT2D eigenvalue weighted by molar-refractivity contribution is 6.09. The summed E-state index contributed by atoms with van der Waals surface area (Å²) in [7, 11) is 0. The Bertz CT molecular complexity index is 2190. The van der Waals surface area contributed by atoms with E-state index in [1.54, 1.807) is 0 Å². The molecule has 0 aliphatic carbocycles. The third-order valence-electron chi connectivity index (χ3n) is 8.13. The highest BCUT2D eigenvalue weighted by Crippen LogP contribution is 2.40. The van der Waals surface area contributed by atoms with Crippen molar-refractivity contribution in [3.8, 4) is 22.3 Å². The molecule has 52 heavy (non-hydrogen) atoms. The molecule has 0 aromatic heterocycles. The van der Waals surface area contributed by atoms with Gasteiger partial charge >= 0.3 is 0 Å². The molecule has 0 saturated carbocycles. The first kappa shape index (κ1) is 42.7. The van der Waals surface area contributed by atoms with Crippen molar-refractivity contribution in [3.05, 3.63) is 174 Å². The zero-order valence-electron chi connectivity index (χ0n) is 32.2. The van der Waals surface area contributed by atoms with E-state index in [-0.39, 0.29) is 7.43 Å². The molecule has 7 aromatic rings. The lowest BCUT2D eigenvalue weighted by atomic mass is 9.87. The van der Waals surface area contributed by atoms with E-state index in [4.69, 9.17) is 0 Å². The molecule has 0 aliphatic heterocycles. The Morgan fingerprint density at radius 3 is 1.56 bits per heavy atom. The van der Waals surface area contributed by atoms with Crippen molar-refractivity contribution in [1.82, 2.24) is 0 Å². The van der Waals surface area contributed by atoms with Crippen LogP contribution in [0.25, 0.3) is 72.8 Å². The van der Waals surface area contributed by atoms with Gasteiger partial charge in [0.2, 0.25) is 0 Å². The van der Waals surface area contributed by atoms with Gasteiger partial charge in [-0.15, -0.1) is 0 Å². The van der Waals surface area contributed by atoms with Gasteiger partial charge in [0.1, 0.15) is 0 Å². The van der Waals surface area contributed by atoms with Crippen LogP contribution in [0, 0.1) is 0 Å². The Morgan fingerprint density at radius 1 is 0.385 bits per heavy atom. The zero-order valence-corrected chi connectivity index (χ0v) is 32.2. The van der Waals surface area contributed by atoms with Gasteiger partial charge in [-0.2, -0.15) is 0 Å². The van der Waals surface area contributed by atoms with Gasteiger partial charge in [-0.1, -0.05) is 215 Å². The molecule has 0 nitrogen and oxygen atoms in total. The van der Waals surface area contributed by atoms with Gasteiger partial charge in [0.25, 0.3) is 0 Å². The molecular weight excluding hydrogens is 625 g/mol. The second-order valence-electron chi connectivity index (χ2n) is 10.9. The van der Waals surface area contributed by atoms with Crippen LogP contribution in [0.5, 0.6) is 0 Å². The summed E-state index contributed by atoms with van der Waals surface area (Å²) in [6, 6.07) is 50.6. The average Bonchev–Trinajstić information content (AvgIpc) is 3.22. The highest BCUT2D eigenvalue weighted by Gasteiger charge is 2.14. The van der Waals surface area contributed by atoms with E-state index in [1.165, 1.54) is 71.3 Å². The fourth-order valence-corrected chi connectivity index (χ4v) is 6.02. The fourth-order valence-electron chi connectivity index (χ4n) is 6.02. The molecule has 0 bridgehead atoms. The highest BCUT2D eigenvalue weighted by atomic mass is 14.2. The summed E-state index contributed by atoms with van der Waals surface area (Å²) in [5, 5.41) is 7.54. The molecule has 0 atom stereocenters. The standard InChI is InChI=1S/C43H32.4C2H6.CH4/c1-2-3-4-17-38-30-42(37-18-11-12-31(28-37)21-22-32-23-24-33-13-5-7-15-35(33)27-32)40-19-9-10-20-41(40)43(38)39-26-25-34-14-6-8-16-36(34)29-39;4*1-2;/h2-30H,1H3;4*1-2H3;1H4/b3-2-,17-4-,22-21+;;;;;. The van der Waals surface area contributed by atoms with Crippen molar-refractivity contribution in [3.63, 3.8) is 0 Å². The van der Waals surface area contributed by atoms with Crippen LogP contribution in [0.3, 0.4) is 0 Å². The van der Waals surface area contributed by atoms with E-state index < -0.39 is 0 Å². The first-order chi connectivity index (χ1) is 25.3. The summed E-state index contributed by atoms with van der Waals surface area (Å²) in [4.78, 5) is 0. The summed E-state index contributed by atoms with van der Waals surface area (Å²) in [6.07, 6.45) is 13.0. The lowest BCUT2D eigenvalue weighted by molar-refractivity contribution is 1.50. The molecule has 0 fully saturated rings. The Morgan fingerprint density at radius 2 is 0.923 bits per heavy atom. The first-order valence-corrected chi connectivity index (χ1v) is 18.9. The molecule has 0 amide bonds. The third kappa shape index (κ3) is 10.5. The SMILES string of the molecule is C.C/C=C\C=C/c1cc(-c2cccc(/C=C/c3ccc4ccccc4c3)c2)c2ccccc2c1-c1ccc2ccccc2c1.CC.CC.CC.CC. The lowest BCUT2D eigenvalue weighted by Gasteiger charge is -2.17. The largest absolute Gasteiger partial charge is 0.0877 e. The smallest absolute Gasteiger partial charge is 0.00322 e. The summed E-state index contributed by atoms with van der Waals surface area (Å²) in [5.41, 5.74) is 8.53. The quantitative estimate of drug-likeness (QED) is 0.121. The van der Waals surface area contributed by atoms with Crippen LogP contribution < -0.4 is 0 Å². The summed E-state index contributed by atoms with van der Waals surface area (Å²) < 4.78 is 0. The first-order valence-electron chi connectivity index (χ1n) is 18.9. The Kier molecular flexibility index (Phi) is 19.0. The van der Waals surface area contributed by atoms with Crippen molar-refractivity contribution in [2.75, 3.05) is 0 Å². The maximum absolute atomic E-state index is 2.36. The number of hydrogen-bond acceptors (Lipinski definition) is 0. The zero-order chi connectivity index (χ0) is 37.0. The van der Waals surface area contributed by atoms with E-state index in [0.29, 0.717) is 0 Å². The monoisotopic (exact) mass is 684 g/mol. The third-order valence-corrected chi connectivity index (χ3v) is 8.13. The topological polar surface area (TPSA) is 0 Å². The minimum Gasteiger partial charge on any atom is -0.0877 e. The number of hydrogen-bond donors (Lipinski definition) is 0. The lowest BCUT2D eigenvalue weighted by Crippen LogP contribution is -1.91. The van der Waals surface area contributed by atoms with Crippen LogP contribution in [0.4, 0.5) is 0 Å². The maximum atomic E-state index is 2.36. The summed E-state index contributed by atoms with van der Waals surface area (Å²) in [5.74, 6) is 0. The molecule has 7 rings (SSSR count). The fraction of sp³-hybridized carbons (Fsp3) is 0.192. The van der Waals surface area contributed by atoms with Crippen LogP contribution in [0.2, 0.25) is 0 Å². The minimum atomic E-state index is 0. The van der Waals surface area contributed by atoms with E-state index in [9.17, 15) is 0 Å². The Hall–Kier alpha value is -5.46. The van der Waals surface area contributed by atoms with Crippen molar-refractivity contribution < 1.29 is 0 Å². The minimum absolute atomic E-state index is 0. The normalized spacial score (nSPS) is 10.4. The van der Waals surface area contributed by atoms with Crippen LogP contribution >= 0.6 is 0 Å². The van der Waals surface area contributed by atoms with E-state index in [2.05, 4.69) is 183 Å². The van der Waals surface area contributed by atoms with Crippen molar-refractivity contribution >= 4 is 50.5 Å². The predicted octanol–water partition coefficient (Wildman–Crippen LogP) is 17.0. The molecule has 0 radical (unpaired) electrons. The molecule has 0 spiro atoms. The van der Waals surface area contributed by atoms with E-state index >= 15 is 0 Å². The van der Waals surface area contributed by atoms with E-state index in [0.717, 1.165) is 0 Å². The molecule has 0 unspecified atom stereocenters. The van der Waals surface area contributed by atoms with Crippen LogP contribution in [0.1, 0.15) is 86.4 Å². The number of fused-ring (bicyclic) bond motifs is 3. The van der Waals surface area contributed by atoms with Crippen LogP contribution in [-0.2, 0) is 0 Å². The van der Waals surface area contributed by atoms with Crippen molar-refractivity contribution in [2.24, 2.45) is 0 Å². The molecule has 268 valence electrons. The predicted molar refractivity (Wildman–Crippen MR) is 241 cm³/mol. The molecule has 0 N–H and O–H groups in total. The second-order valence-corrected chi connectivity index (χ2v) is 10.9. The van der Waals surface area contributed by atoms with Gasteiger partial charge < -0.3 is 0 Å².